The molecule has 0 aliphatic carbocycles. The molecule has 74 valence electrons. The average molecular weight is 199 g/mol. The molecule has 2 aromatic heterocycles. The third kappa shape index (κ3) is 0.973. The SMILES string of the molecule is C[n+]1c2ccccc2n2cccc(O)c21. The number of rotatable bonds is 0. The number of hydrogen-bond acceptors (Lipinski definition) is 1. The first-order valence-electron chi connectivity index (χ1n) is 4.86. The summed E-state index contributed by atoms with van der Waals surface area (Å²) in [4.78, 5) is 0. The molecular formula is C12H11N2O+. The van der Waals surface area contributed by atoms with E-state index in [1.54, 1.807) is 6.07 Å². The second kappa shape index (κ2) is 2.73. The molecule has 0 aliphatic rings. The second-order valence-corrected chi connectivity index (χ2v) is 3.63. The molecule has 0 saturated carbocycles. The molecule has 3 rings (SSSR count). The van der Waals surface area contributed by atoms with Crippen molar-refractivity contribution in [2.45, 2.75) is 0 Å². The number of aryl methyl sites for hydroxylation is 1. The lowest BCUT2D eigenvalue weighted by Gasteiger charge is -1.90. The first-order valence-corrected chi connectivity index (χ1v) is 4.86. The third-order valence-corrected chi connectivity index (χ3v) is 2.77. The van der Waals surface area contributed by atoms with Crippen LogP contribution in [0.25, 0.3) is 16.7 Å². The monoisotopic (exact) mass is 199 g/mol. The molecule has 1 N–H and O–H groups in total. The molecule has 3 nitrogen and oxygen atoms in total. The lowest BCUT2D eigenvalue weighted by atomic mass is 10.3. The molecule has 0 saturated heterocycles. The highest BCUT2D eigenvalue weighted by Crippen LogP contribution is 2.20. The highest BCUT2D eigenvalue weighted by molar-refractivity contribution is 5.76. The molecule has 0 bridgehead atoms. The van der Waals surface area contributed by atoms with Crippen LogP contribution in [-0.2, 0) is 7.05 Å². The van der Waals surface area contributed by atoms with Crippen molar-refractivity contribution in [2.24, 2.45) is 7.05 Å². The molecule has 0 fully saturated rings. The predicted molar refractivity (Wildman–Crippen MR) is 57.7 cm³/mol. The fourth-order valence-electron chi connectivity index (χ4n) is 2.08. The number of fused-ring (bicyclic) bond motifs is 3. The van der Waals surface area contributed by atoms with Crippen LogP contribution in [0.15, 0.2) is 42.6 Å². The Bertz CT molecular complexity index is 655. The van der Waals surface area contributed by atoms with Gasteiger partial charge in [0, 0.05) is 0 Å². The van der Waals surface area contributed by atoms with E-state index in [4.69, 9.17) is 0 Å². The fraction of sp³-hybridized carbons (Fsp3) is 0.0833. The van der Waals surface area contributed by atoms with E-state index >= 15 is 0 Å². The number of para-hydroxylation sites is 2. The van der Waals surface area contributed by atoms with Crippen molar-refractivity contribution >= 4 is 16.7 Å². The van der Waals surface area contributed by atoms with Crippen LogP contribution in [0.5, 0.6) is 5.75 Å². The van der Waals surface area contributed by atoms with Gasteiger partial charge in [0.05, 0.1) is 13.2 Å². The largest absolute Gasteiger partial charge is 0.501 e. The standard InChI is InChI=1S/C12H10N2O/c1-13-9-5-2-3-6-10(9)14-8-4-7-11(15)12(13)14/h2-8H,1H3/p+1. The predicted octanol–water partition coefficient (Wildman–Crippen LogP) is 1.62. The highest BCUT2D eigenvalue weighted by atomic mass is 16.3. The lowest BCUT2D eigenvalue weighted by Crippen LogP contribution is -2.27. The molecule has 0 spiro atoms. The average Bonchev–Trinajstić information content (AvgIpc) is 2.55. The van der Waals surface area contributed by atoms with Crippen molar-refractivity contribution in [3.05, 3.63) is 42.6 Å². The van der Waals surface area contributed by atoms with Gasteiger partial charge >= 0.3 is 5.65 Å². The quantitative estimate of drug-likeness (QED) is 0.547. The Kier molecular flexibility index (Phi) is 1.51. The van der Waals surface area contributed by atoms with Crippen LogP contribution < -0.4 is 4.57 Å². The van der Waals surface area contributed by atoms with E-state index in [0.29, 0.717) is 5.75 Å². The van der Waals surface area contributed by atoms with Gasteiger partial charge in [-0.15, -0.1) is 0 Å². The maximum atomic E-state index is 9.81. The fourth-order valence-corrected chi connectivity index (χ4v) is 2.08. The van der Waals surface area contributed by atoms with Gasteiger partial charge in [-0.2, -0.15) is 4.40 Å². The third-order valence-electron chi connectivity index (χ3n) is 2.77. The molecule has 0 amide bonds. The van der Waals surface area contributed by atoms with E-state index in [0.717, 1.165) is 16.7 Å². The maximum Gasteiger partial charge on any atom is 0.329 e. The molecule has 2 heterocycles. The van der Waals surface area contributed by atoms with Crippen molar-refractivity contribution in [1.29, 1.82) is 0 Å². The summed E-state index contributed by atoms with van der Waals surface area (Å²) in [5.74, 6) is 0.302. The number of aromatic hydroxyl groups is 1. The lowest BCUT2D eigenvalue weighted by molar-refractivity contribution is -0.618. The number of benzene rings is 1. The number of nitrogens with zero attached hydrogens (tertiary/aromatic N) is 2. The number of aromatic nitrogens is 2. The van der Waals surface area contributed by atoms with Gasteiger partial charge < -0.3 is 5.11 Å². The van der Waals surface area contributed by atoms with E-state index in [1.165, 1.54) is 0 Å². The Labute approximate surface area is 86.8 Å². The van der Waals surface area contributed by atoms with Crippen LogP contribution in [0.3, 0.4) is 0 Å². The van der Waals surface area contributed by atoms with Gasteiger partial charge in [-0.1, -0.05) is 12.1 Å². The zero-order chi connectivity index (χ0) is 10.4. The van der Waals surface area contributed by atoms with Crippen LogP contribution >= 0.6 is 0 Å². The molecule has 15 heavy (non-hydrogen) atoms. The van der Waals surface area contributed by atoms with Crippen LogP contribution in [0, 0.1) is 0 Å². The summed E-state index contributed by atoms with van der Waals surface area (Å²) in [6.07, 6.45) is 1.96. The first kappa shape index (κ1) is 8.29. The summed E-state index contributed by atoms with van der Waals surface area (Å²) < 4.78 is 3.98. The van der Waals surface area contributed by atoms with Gasteiger partial charge in [0.15, 0.2) is 11.0 Å². The Balaban J connectivity index is 2.69. The summed E-state index contributed by atoms with van der Waals surface area (Å²) in [7, 11) is 1.96. The van der Waals surface area contributed by atoms with Crippen molar-refractivity contribution in [3.8, 4) is 5.75 Å². The molecule has 0 aliphatic heterocycles. The zero-order valence-electron chi connectivity index (χ0n) is 8.38. The van der Waals surface area contributed by atoms with Crippen LogP contribution in [0.1, 0.15) is 0 Å². The van der Waals surface area contributed by atoms with E-state index in [2.05, 4.69) is 0 Å². The maximum absolute atomic E-state index is 9.81. The molecule has 3 aromatic rings. The van der Waals surface area contributed by atoms with Crippen molar-refractivity contribution in [3.63, 3.8) is 0 Å². The van der Waals surface area contributed by atoms with Gasteiger partial charge in [-0.05, 0) is 24.3 Å². The summed E-state index contributed by atoms with van der Waals surface area (Å²) in [5.41, 5.74) is 3.03. The zero-order valence-corrected chi connectivity index (χ0v) is 8.38. The van der Waals surface area contributed by atoms with Crippen LogP contribution in [0.2, 0.25) is 0 Å². The minimum atomic E-state index is 0.302. The van der Waals surface area contributed by atoms with E-state index < -0.39 is 0 Å². The summed E-state index contributed by atoms with van der Waals surface area (Å²) in [6.45, 7) is 0. The smallest absolute Gasteiger partial charge is 0.329 e. The summed E-state index contributed by atoms with van der Waals surface area (Å²) in [5, 5.41) is 9.81. The van der Waals surface area contributed by atoms with Gasteiger partial charge in [0.25, 0.3) is 0 Å². The first-order chi connectivity index (χ1) is 7.29. The normalized spacial score (nSPS) is 11.3. The second-order valence-electron chi connectivity index (χ2n) is 3.63. The van der Waals surface area contributed by atoms with Gasteiger partial charge in [0.2, 0.25) is 5.75 Å². The molecule has 1 aromatic carbocycles. The van der Waals surface area contributed by atoms with E-state index in [9.17, 15) is 5.11 Å². The molecular weight excluding hydrogens is 188 g/mol. The summed E-state index contributed by atoms with van der Waals surface area (Å²) >= 11 is 0. The Morgan fingerprint density at radius 3 is 2.80 bits per heavy atom. The highest BCUT2D eigenvalue weighted by Gasteiger charge is 2.18. The van der Waals surface area contributed by atoms with Gasteiger partial charge in [0.1, 0.15) is 0 Å². The summed E-state index contributed by atoms with van der Waals surface area (Å²) in [6, 6.07) is 11.6. The van der Waals surface area contributed by atoms with Crippen molar-refractivity contribution < 1.29 is 9.67 Å². The van der Waals surface area contributed by atoms with E-state index in [1.807, 2.05) is 52.5 Å². The number of imidazole rings is 1. The van der Waals surface area contributed by atoms with Crippen molar-refractivity contribution in [1.82, 2.24) is 4.40 Å². The van der Waals surface area contributed by atoms with Gasteiger partial charge in [-0.3, -0.25) is 0 Å². The van der Waals surface area contributed by atoms with Gasteiger partial charge in [-0.25, -0.2) is 4.57 Å². The Morgan fingerprint density at radius 1 is 1.13 bits per heavy atom. The minimum absolute atomic E-state index is 0.302. The number of hydrogen-bond donors (Lipinski definition) is 1. The molecule has 0 radical (unpaired) electrons. The van der Waals surface area contributed by atoms with Crippen LogP contribution in [-0.4, -0.2) is 9.51 Å². The molecule has 3 heteroatoms. The Morgan fingerprint density at radius 2 is 1.93 bits per heavy atom. The topological polar surface area (TPSA) is 28.5 Å². The van der Waals surface area contributed by atoms with Crippen LogP contribution in [0.4, 0.5) is 0 Å². The Hall–Kier alpha value is -2.03. The molecule has 0 unspecified atom stereocenters. The minimum Gasteiger partial charge on any atom is -0.501 e. The van der Waals surface area contributed by atoms with Crippen molar-refractivity contribution in [2.75, 3.05) is 0 Å². The molecule has 0 atom stereocenters. The number of pyridine rings is 1. The van der Waals surface area contributed by atoms with E-state index in [-0.39, 0.29) is 0 Å².